The summed E-state index contributed by atoms with van der Waals surface area (Å²) < 4.78 is 61.6. The smallest absolute Gasteiger partial charge is 0.287 e. The molecule has 0 amide bonds. The number of aryl methyl sites for hydroxylation is 2. The van der Waals surface area contributed by atoms with Gasteiger partial charge in [-0.25, -0.2) is 0 Å². The van der Waals surface area contributed by atoms with Crippen LogP contribution in [0.5, 0.6) is 0 Å². The molecule has 0 fully saturated rings. The van der Waals surface area contributed by atoms with Gasteiger partial charge >= 0.3 is 12.1 Å². The Kier molecular flexibility index (Phi) is 3.27. The third-order valence-corrected chi connectivity index (χ3v) is 2.13. The molecular formula is C11H9F5O. The number of hydrogen-bond donors (Lipinski definition) is 0. The van der Waals surface area contributed by atoms with Crippen molar-refractivity contribution in [3.05, 3.63) is 34.9 Å². The highest BCUT2D eigenvalue weighted by molar-refractivity contribution is 6.02. The summed E-state index contributed by atoms with van der Waals surface area (Å²) in [4.78, 5) is 11.1. The maximum absolute atomic E-state index is 12.8. The molecule has 0 heterocycles. The molecule has 0 aromatic heterocycles. The fourth-order valence-electron chi connectivity index (χ4n) is 1.42. The minimum absolute atomic E-state index is 0.450. The van der Waals surface area contributed by atoms with E-state index in [0.717, 1.165) is 12.1 Å². The highest BCUT2D eigenvalue weighted by Crippen LogP contribution is 2.38. The predicted octanol–water partition coefficient (Wildman–Crippen LogP) is 3.68. The van der Waals surface area contributed by atoms with E-state index in [9.17, 15) is 26.7 Å². The van der Waals surface area contributed by atoms with Crippen LogP contribution in [0.2, 0.25) is 0 Å². The van der Waals surface area contributed by atoms with Crippen molar-refractivity contribution in [1.29, 1.82) is 0 Å². The van der Waals surface area contributed by atoms with Gasteiger partial charge in [0.1, 0.15) is 0 Å². The van der Waals surface area contributed by atoms with E-state index < -0.39 is 23.4 Å². The van der Waals surface area contributed by atoms with Crippen LogP contribution in [-0.4, -0.2) is 17.9 Å². The van der Waals surface area contributed by atoms with Crippen molar-refractivity contribution in [2.45, 2.75) is 25.9 Å². The summed E-state index contributed by atoms with van der Waals surface area (Å²) in [5.74, 6) is -7.58. The van der Waals surface area contributed by atoms with Crippen LogP contribution in [0.1, 0.15) is 21.5 Å². The molecular weight excluding hydrogens is 243 g/mol. The summed E-state index contributed by atoms with van der Waals surface area (Å²) in [6.45, 7) is 3.02. The van der Waals surface area contributed by atoms with Gasteiger partial charge in [0.05, 0.1) is 0 Å². The molecule has 1 nitrogen and oxygen atoms in total. The molecule has 6 heteroatoms. The number of carbonyl (C=O) groups excluding carboxylic acids is 1. The zero-order valence-corrected chi connectivity index (χ0v) is 9.03. The average molecular weight is 252 g/mol. The van der Waals surface area contributed by atoms with Gasteiger partial charge in [-0.2, -0.15) is 22.0 Å². The highest BCUT2D eigenvalue weighted by Gasteiger charge is 2.63. The van der Waals surface area contributed by atoms with Crippen molar-refractivity contribution in [2.24, 2.45) is 0 Å². The van der Waals surface area contributed by atoms with Crippen LogP contribution in [0.3, 0.4) is 0 Å². The quantitative estimate of drug-likeness (QED) is 0.579. The topological polar surface area (TPSA) is 17.1 Å². The summed E-state index contributed by atoms with van der Waals surface area (Å²) in [5, 5.41) is 0. The third-order valence-electron chi connectivity index (χ3n) is 2.13. The SMILES string of the molecule is Cc1cc(C)cc(C(=O)C(F)(F)C(F)(F)F)c1. The van der Waals surface area contributed by atoms with Crippen molar-refractivity contribution < 1.29 is 26.7 Å². The van der Waals surface area contributed by atoms with E-state index in [1.165, 1.54) is 13.8 Å². The van der Waals surface area contributed by atoms with Crippen molar-refractivity contribution in [3.8, 4) is 0 Å². The Morgan fingerprint density at radius 1 is 0.941 bits per heavy atom. The second-order valence-corrected chi connectivity index (χ2v) is 3.78. The molecule has 0 atom stereocenters. The van der Waals surface area contributed by atoms with Crippen molar-refractivity contribution >= 4 is 5.78 Å². The zero-order chi connectivity index (χ0) is 13.4. The van der Waals surface area contributed by atoms with Crippen molar-refractivity contribution in [2.75, 3.05) is 0 Å². The van der Waals surface area contributed by atoms with Gasteiger partial charge in [-0.3, -0.25) is 4.79 Å². The summed E-state index contributed by atoms with van der Waals surface area (Å²) in [7, 11) is 0. The Morgan fingerprint density at radius 3 is 1.71 bits per heavy atom. The van der Waals surface area contributed by atoms with E-state index in [1.54, 1.807) is 6.07 Å². The van der Waals surface area contributed by atoms with Gasteiger partial charge in [0.25, 0.3) is 0 Å². The van der Waals surface area contributed by atoms with E-state index >= 15 is 0 Å². The first-order chi connectivity index (χ1) is 7.55. The lowest BCUT2D eigenvalue weighted by molar-refractivity contribution is -0.255. The Balaban J connectivity index is 3.21. The highest BCUT2D eigenvalue weighted by atomic mass is 19.4. The molecule has 0 saturated carbocycles. The van der Waals surface area contributed by atoms with E-state index in [4.69, 9.17) is 0 Å². The summed E-state index contributed by atoms with van der Waals surface area (Å²) in [6, 6.07) is 3.59. The molecule has 94 valence electrons. The number of Topliss-reactive ketones (excluding diaryl/α,β-unsaturated/α-hetero) is 1. The number of rotatable bonds is 2. The lowest BCUT2D eigenvalue weighted by atomic mass is 10.0. The number of carbonyl (C=O) groups is 1. The second kappa shape index (κ2) is 4.09. The maximum Gasteiger partial charge on any atom is 0.461 e. The lowest BCUT2D eigenvalue weighted by Gasteiger charge is -2.18. The normalized spacial score (nSPS) is 12.6. The molecule has 1 aromatic rings. The Morgan fingerprint density at radius 2 is 1.35 bits per heavy atom. The molecule has 0 aliphatic rings. The van der Waals surface area contributed by atoms with E-state index in [0.29, 0.717) is 11.1 Å². The number of alkyl halides is 5. The van der Waals surface area contributed by atoms with Crippen LogP contribution < -0.4 is 0 Å². The second-order valence-electron chi connectivity index (χ2n) is 3.78. The van der Waals surface area contributed by atoms with Gasteiger partial charge in [0.15, 0.2) is 0 Å². The Bertz CT molecular complexity index is 427. The van der Waals surface area contributed by atoms with Crippen LogP contribution in [0.4, 0.5) is 22.0 Å². The van der Waals surface area contributed by atoms with Gasteiger partial charge in [0.2, 0.25) is 5.78 Å². The number of hydrogen-bond acceptors (Lipinski definition) is 1. The fourth-order valence-corrected chi connectivity index (χ4v) is 1.42. The molecule has 0 aliphatic heterocycles. The monoisotopic (exact) mass is 252 g/mol. The molecule has 17 heavy (non-hydrogen) atoms. The van der Waals surface area contributed by atoms with Gasteiger partial charge in [-0.1, -0.05) is 17.2 Å². The Hall–Kier alpha value is -1.46. The largest absolute Gasteiger partial charge is 0.461 e. The number of benzene rings is 1. The zero-order valence-electron chi connectivity index (χ0n) is 9.03. The maximum atomic E-state index is 12.8. The molecule has 0 unspecified atom stereocenters. The molecule has 1 aromatic carbocycles. The minimum Gasteiger partial charge on any atom is -0.287 e. The number of halogens is 5. The Labute approximate surface area is 94.2 Å². The van der Waals surface area contributed by atoms with Gasteiger partial charge < -0.3 is 0 Å². The average Bonchev–Trinajstić information content (AvgIpc) is 2.13. The standard InChI is InChI=1S/C11H9F5O/c1-6-3-7(2)5-8(4-6)9(17)10(12,13)11(14,15)16/h3-5H,1-2H3. The van der Waals surface area contributed by atoms with Crippen LogP contribution in [-0.2, 0) is 0 Å². The van der Waals surface area contributed by atoms with Gasteiger partial charge in [-0.05, 0) is 26.0 Å². The molecule has 0 saturated heterocycles. The van der Waals surface area contributed by atoms with E-state index in [1.807, 2.05) is 0 Å². The molecule has 0 aliphatic carbocycles. The first-order valence-corrected chi connectivity index (χ1v) is 4.63. The van der Waals surface area contributed by atoms with Crippen LogP contribution in [0, 0.1) is 13.8 Å². The molecule has 0 bridgehead atoms. The van der Waals surface area contributed by atoms with Crippen molar-refractivity contribution in [3.63, 3.8) is 0 Å². The van der Waals surface area contributed by atoms with Crippen LogP contribution in [0.25, 0.3) is 0 Å². The van der Waals surface area contributed by atoms with E-state index in [-0.39, 0.29) is 0 Å². The fraction of sp³-hybridized carbons (Fsp3) is 0.364. The first-order valence-electron chi connectivity index (χ1n) is 4.63. The minimum atomic E-state index is -5.87. The van der Waals surface area contributed by atoms with E-state index in [2.05, 4.69) is 0 Å². The third kappa shape index (κ3) is 2.62. The lowest BCUT2D eigenvalue weighted by Crippen LogP contribution is -2.44. The first kappa shape index (κ1) is 13.6. The van der Waals surface area contributed by atoms with Gasteiger partial charge in [0, 0.05) is 5.56 Å². The number of ketones is 1. The predicted molar refractivity (Wildman–Crippen MR) is 51.2 cm³/mol. The van der Waals surface area contributed by atoms with Crippen molar-refractivity contribution in [1.82, 2.24) is 0 Å². The summed E-state index contributed by atoms with van der Waals surface area (Å²) in [6.07, 6.45) is -5.87. The van der Waals surface area contributed by atoms with Crippen LogP contribution in [0.15, 0.2) is 18.2 Å². The molecule has 0 spiro atoms. The molecule has 1 rings (SSSR count). The molecule has 0 radical (unpaired) electrons. The summed E-state index contributed by atoms with van der Waals surface area (Å²) >= 11 is 0. The molecule has 0 N–H and O–H groups in total. The van der Waals surface area contributed by atoms with Gasteiger partial charge in [-0.15, -0.1) is 0 Å². The van der Waals surface area contributed by atoms with Crippen LogP contribution >= 0.6 is 0 Å². The summed E-state index contributed by atoms with van der Waals surface area (Å²) in [5.41, 5.74) is 0.266.